The first kappa shape index (κ1) is 29.2. The fraction of sp³-hybridized carbons (Fsp3) is 0.593. The number of rotatable bonds is 11. The molecule has 37 heavy (non-hydrogen) atoms. The Labute approximate surface area is 222 Å². The van der Waals surface area contributed by atoms with Crippen molar-refractivity contribution in [3.05, 3.63) is 47.7 Å². The highest BCUT2D eigenvalue weighted by Gasteiger charge is 2.36. The molecule has 2 unspecified atom stereocenters. The van der Waals surface area contributed by atoms with Crippen LogP contribution >= 0.6 is 0 Å². The van der Waals surface area contributed by atoms with E-state index in [1.54, 1.807) is 27.2 Å². The molecule has 1 aliphatic carbocycles. The molecule has 0 radical (unpaired) electrons. The number of nitrogens with zero attached hydrogens (tertiary/aromatic N) is 3. The van der Waals surface area contributed by atoms with Crippen molar-refractivity contribution in [2.75, 3.05) is 71.3 Å². The van der Waals surface area contributed by atoms with E-state index in [0.717, 1.165) is 37.2 Å². The zero-order chi connectivity index (χ0) is 27.2. The summed E-state index contributed by atoms with van der Waals surface area (Å²) in [4.78, 5) is 17.0. The maximum atomic E-state index is 13.1. The molecule has 206 valence electrons. The second-order valence-electron chi connectivity index (χ2n) is 10.1. The number of sulfonamides is 1. The number of benzene rings is 1. The summed E-state index contributed by atoms with van der Waals surface area (Å²) in [6.45, 7) is 5.84. The maximum absolute atomic E-state index is 13.1. The zero-order valence-corrected chi connectivity index (χ0v) is 23.8. The predicted molar refractivity (Wildman–Crippen MR) is 148 cm³/mol. The fourth-order valence-electron chi connectivity index (χ4n) is 5.02. The topological polar surface area (TPSA) is 91.4 Å². The summed E-state index contributed by atoms with van der Waals surface area (Å²) in [5.41, 5.74) is 2.60. The summed E-state index contributed by atoms with van der Waals surface area (Å²) < 4.78 is 38.3. The molecule has 1 heterocycles. The molecule has 1 N–H and O–H groups in total. The molecule has 1 saturated heterocycles. The van der Waals surface area contributed by atoms with E-state index in [4.69, 9.17) is 9.47 Å². The van der Waals surface area contributed by atoms with Gasteiger partial charge in [-0.25, -0.2) is 12.7 Å². The van der Waals surface area contributed by atoms with E-state index in [0.29, 0.717) is 17.5 Å². The third-order valence-electron chi connectivity index (χ3n) is 7.21. The van der Waals surface area contributed by atoms with Gasteiger partial charge in [0.05, 0.1) is 13.7 Å². The lowest BCUT2D eigenvalue weighted by Gasteiger charge is -2.36. The maximum Gasteiger partial charge on any atom is 0.250 e. The third kappa shape index (κ3) is 7.56. The Morgan fingerprint density at radius 1 is 1.14 bits per heavy atom. The molecule has 1 aromatic rings. The summed E-state index contributed by atoms with van der Waals surface area (Å²) in [6, 6.07) is 8.49. The molecule has 1 fully saturated rings. The van der Waals surface area contributed by atoms with Gasteiger partial charge in [-0.3, -0.25) is 4.79 Å². The van der Waals surface area contributed by atoms with Crippen molar-refractivity contribution in [3.8, 4) is 0 Å². The molecule has 1 aliphatic heterocycles. The second-order valence-corrected chi connectivity index (χ2v) is 12.3. The van der Waals surface area contributed by atoms with Crippen molar-refractivity contribution in [1.29, 1.82) is 0 Å². The molecule has 2 atom stereocenters. The highest BCUT2D eigenvalue weighted by Crippen LogP contribution is 2.30. The number of carbonyl (C=O) groups excluding carboxylic acids is 1. The van der Waals surface area contributed by atoms with Crippen LogP contribution in [-0.4, -0.2) is 95.9 Å². The first-order valence-electron chi connectivity index (χ1n) is 12.8. The van der Waals surface area contributed by atoms with Crippen LogP contribution < -0.4 is 10.2 Å². The van der Waals surface area contributed by atoms with E-state index in [2.05, 4.69) is 29.2 Å². The lowest BCUT2D eigenvalue weighted by atomic mass is 9.95. The van der Waals surface area contributed by atoms with Crippen LogP contribution in [0.15, 0.2) is 47.7 Å². The standard InChI is InChI=1S/C27H42N4O5S/c1-20-17-25(35-6)18-21(2)27(20)37(33,34)30(5)15-16-36-19-26(32)28-22-7-9-24(10-8-22)31-13-11-23(12-14-31)29(3)4/h7-10,17-18,20,23,27H,11-16,19H2,1-6H3,(H,28,32). The van der Waals surface area contributed by atoms with Crippen LogP contribution in [0.4, 0.5) is 11.4 Å². The van der Waals surface area contributed by atoms with Gasteiger partial charge in [0.2, 0.25) is 15.9 Å². The lowest BCUT2D eigenvalue weighted by Crippen LogP contribution is -2.42. The molecule has 2 aliphatic rings. The van der Waals surface area contributed by atoms with Crippen molar-refractivity contribution in [3.63, 3.8) is 0 Å². The lowest BCUT2D eigenvalue weighted by molar-refractivity contribution is -0.120. The second kappa shape index (κ2) is 12.9. The molecule has 0 saturated carbocycles. The number of amides is 1. The number of methoxy groups -OCH3 is 1. The fourth-order valence-corrected chi connectivity index (χ4v) is 6.90. The summed E-state index contributed by atoms with van der Waals surface area (Å²) in [6.07, 6.45) is 5.86. The minimum atomic E-state index is -3.58. The number of hydrogen-bond donors (Lipinski definition) is 1. The number of nitrogens with one attached hydrogen (secondary N) is 1. The van der Waals surface area contributed by atoms with Crippen LogP contribution in [0.2, 0.25) is 0 Å². The van der Waals surface area contributed by atoms with Gasteiger partial charge < -0.3 is 24.6 Å². The Bertz CT molecular complexity index is 1080. The number of carbonyl (C=O) groups is 1. The molecule has 0 bridgehead atoms. The van der Waals surface area contributed by atoms with Crippen LogP contribution in [0.1, 0.15) is 26.7 Å². The van der Waals surface area contributed by atoms with Crippen LogP contribution in [0.3, 0.4) is 0 Å². The van der Waals surface area contributed by atoms with E-state index in [1.165, 1.54) is 4.31 Å². The number of ether oxygens (including phenoxy) is 2. The summed E-state index contributed by atoms with van der Waals surface area (Å²) >= 11 is 0. The normalized spacial score (nSPS) is 21.1. The Balaban J connectivity index is 1.41. The highest BCUT2D eigenvalue weighted by atomic mass is 32.2. The average Bonchev–Trinajstić information content (AvgIpc) is 2.86. The van der Waals surface area contributed by atoms with E-state index in [-0.39, 0.29) is 31.6 Å². The van der Waals surface area contributed by atoms with Gasteiger partial charge in [0, 0.05) is 44.1 Å². The van der Waals surface area contributed by atoms with Crippen LogP contribution in [0.5, 0.6) is 0 Å². The Kier molecular flexibility index (Phi) is 10.2. The van der Waals surface area contributed by atoms with Gasteiger partial charge in [-0.05, 0) is 81.8 Å². The van der Waals surface area contributed by atoms with Crippen molar-refractivity contribution in [2.45, 2.75) is 38.0 Å². The monoisotopic (exact) mass is 534 g/mol. The van der Waals surface area contributed by atoms with Crippen LogP contribution in [-0.2, 0) is 24.3 Å². The van der Waals surface area contributed by atoms with E-state index < -0.39 is 15.3 Å². The van der Waals surface area contributed by atoms with Gasteiger partial charge in [-0.15, -0.1) is 0 Å². The average molecular weight is 535 g/mol. The third-order valence-corrected chi connectivity index (χ3v) is 9.70. The highest BCUT2D eigenvalue weighted by molar-refractivity contribution is 7.90. The summed E-state index contributed by atoms with van der Waals surface area (Å²) in [5.74, 6) is 0.185. The van der Waals surface area contributed by atoms with Gasteiger partial charge in [-0.2, -0.15) is 0 Å². The number of anilines is 2. The number of allylic oxidation sites excluding steroid dienone is 2. The Morgan fingerprint density at radius 3 is 2.35 bits per heavy atom. The molecule has 1 aromatic carbocycles. The van der Waals surface area contributed by atoms with Gasteiger partial charge >= 0.3 is 0 Å². The van der Waals surface area contributed by atoms with Gasteiger partial charge in [0.25, 0.3) is 0 Å². The minimum Gasteiger partial charge on any atom is -0.497 e. The van der Waals surface area contributed by atoms with Crippen molar-refractivity contribution in [2.24, 2.45) is 5.92 Å². The first-order valence-corrected chi connectivity index (χ1v) is 14.3. The SMILES string of the molecule is COC1=CC(C)C(S(=O)(=O)N(C)CCOCC(=O)Nc2ccc(N3CCC(N(C)C)CC3)cc2)C(C)=C1. The molecule has 3 rings (SSSR count). The molecular weight excluding hydrogens is 492 g/mol. The Morgan fingerprint density at radius 2 is 1.78 bits per heavy atom. The first-order chi connectivity index (χ1) is 17.5. The van der Waals surface area contributed by atoms with Crippen molar-refractivity contribution >= 4 is 27.3 Å². The number of hydrogen-bond acceptors (Lipinski definition) is 7. The largest absolute Gasteiger partial charge is 0.497 e. The minimum absolute atomic E-state index is 0.119. The quantitative estimate of drug-likeness (QED) is 0.437. The molecule has 0 spiro atoms. The van der Waals surface area contributed by atoms with E-state index in [1.807, 2.05) is 37.3 Å². The van der Waals surface area contributed by atoms with Crippen LogP contribution in [0.25, 0.3) is 0 Å². The van der Waals surface area contributed by atoms with E-state index >= 15 is 0 Å². The number of piperidine rings is 1. The molecule has 9 nitrogen and oxygen atoms in total. The van der Waals surface area contributed by atoms with Crippen LogP contribution in [0, 0.1) is 5.92 Å². The smallest absolute Gasteiger partial charge is 0.250 e. The van der Waals surface area contributed by atoms with Crippen molar-refractivity contribution < 1.29 is 22.7 Å². The molecular formula is C27H42N4O5S. The van der Waals surface area contributed by atoms with Gasteiger partial charge in [0.1, 0.15) is 17.6 Å². The Hall–Kier alpha value is -2.40. The predicted octanol–water partition coefficient (Wildman–Crippen LogP) is 2.93. The zero-order valence-electron chi connectivity index (χ0n) is 22.9. The van der Waals surface area contributed by atoms with Gasteiger partial charge in [-0.1, -0.05) is 6.92 Å². The molecule has 0 aromatic heterocycles. The van der Waals surface area contributed by atoms with Gasteiger partial charge in [0.15, 0.2) is 0 Å². The number of likely N-dealkylation sites (N-methyl/N-ethyl adjacent to an activating group) is 1. The summed E-state index contributed by atoms with van der Waals surface area (Å²) in [5, 5.41) is 2.19. The van der Waals surface area contributed by atoms with E-state index in [9.17, 15) is 13.2 Å². The molecule has 10 heteroatoms. The molecule has 1 amide bonds. The summed E-state index contributed by atoms with van der Waals surface area (Å²) in [7, 11) is 3.79. The van der Waals surface area contributed by atoms with Crippen molar-refractivity contribution in [1.82, 2.24) is 9.21 Å².